The molecule has 1 aliphatic heterocycles. The first kappa shape index (κ1) is 15.6. The van der Waals surface area contributed by atoms with Gasteiger partial charge < -0.3 is 4.90 Å². The van der Waals surface area contributed by atoms with Crippen LogP contribution in [0, 0.1) is 12.8 Å². The standard InChI is InChI=1S/C17H24BrNO/c1-3-6-14-8-5-11-19(12-10-14)17(20)15-9-4-7-13(2)16(15)18/h4,7,9,14H,3,5-6,8,10-12H2,1-2H3. The monoisotopic (exact) mass is 337 g/mol. The molecule has 2 nitrogen and oxygen atoms in total. The van der Waals surface area contributed by atoms with E-state index in [9.17, 15) is 4.79 Å². The molecule has 1 aromatic carbocycles. The summed E-state index contributed by atoms with van der Waals surface area (Å²) < 4.78 is 0.944. The SMILES string of the molecule is CCCC1CCCN(C(=O)c2cccc(C)c2Br)CC1. The third kappa shape index (κ3) is 3.63. The lowest BCUT2D eigenvalue weighted by molar-refractivity contribution is 0.0759. The molecule has 2 rings (SSSR count). The lowest BCUT2D eigenvalue weighted by Crippen LogP contribution is -2.32. The summed E-state index contributed by atoms with van der Waals surface area (Å²) in [7, 11) is 0. The lowest BCUT2D eigenvalue weighted by atomic mass is 9.96. The summed E-state index contributed by atoms with van der Waals surface area (Å²) in [6.45, 7) is 6.08. The van der Waals surface area contributed by atoms with Crippen LogP contribution in [0.25, 0.3) is 0 Å². The van der Waals surface area contributed by atoms with Crippen molar-refractivity contribution in [2.45, 2.75) is 46.0 Å². The topological polar surface area (TPSA) is 20.3 Å². The summed E-state index contributed by atoms with van der Waals surface area (Å²) in [5, 5.41) is 0. The van der Waals surface area contributed by atoms with E-state index in [4.69, 9.17) is 0 Å². The Bertz CT molecular complexity index is 472. The Balaban J connectivity index is 2.07. The van der Waals surface area contributed by atoms with Gasteiger partial charge in [-0.05, 0) is 59.7 Å². The number of nitrogens with zero attached hydrogens (tertiary/aromatic N) is 1. The number of amides is 1. The molecule has 1 aliphatic rings. The van der Waals surface area contributed by atoms with Crippen molar-refractivity contribution in [3.63, 3.8) is 0 Å². The highest BCUT2D eigenvalue weighted by molar-refractivity contribution is 9.10. The van der Waals surface area contributed by atoms with E-state index in [1.54, 1.807) is 0 Å². The third-order valence-corrected chi connectivity index (χ3v) is 5.31. The molecule has 3 heteroatoms. The fourth-order valence-corrected chi connectivity index (χ4v) is 3.48. The lowest BCUT2D eigenvalue weighted by Gasteiger charge is -2.21. The number of hydrogen-bond acceptors (Lipinski definition) is 1. The van der Waals surface area contributed by atoms with Gasteiger partial charge in [0.25, 0.3) is 5.91 Å². The molecule has 1 heterocycles. The van der Waals surface area contributed by atoms with Crippen LogP contribution in [0.15, 0.2) is 22.7 Å². The third-order valence-electron chi connectivity index (χ3n) is 4.25. The fourth-order valence-electron chi connectivity index (χ4n) is 3.05. The van der Waals surface area contributed by atoms with Gasteiger partial charge in [-0.1, -0.05) is 31.9 Å². The molecular formula is C17H24BrNO. The van der Waals surface area contributed by atoms with Crippen LogP contribution in [0.3, 0.4) is 0 Å². The maximum absolute atomic E-state index is 12.7. The Morgan fingerprint density at radius 2 is 2.15 bits per heavy atom. The smallest absolute Gasteiger partial charge is 0.255 e. The van der Waals surface area contributed by atoms with Crippen LogP contribution >= 0.6 is 15.9 Å². The Kier molecular flexibility index (Phi) is 5.64. The van der Waals surface area contributed by atoms with E-state index in [0.717, 1.165) is 47.4 Å². The molecule has 1 unspecified atom stereocenters. The fraction of sp³-hybridized carbons (Fsp3) is 0.588. The molecule has 0 radical (unpaired) electrons. The number of benzene rings is 1. The molecule has 20 heavy (non-hydrogen) atoms. The number of carbonyl (C=O) groups is 1. The minimum atomic E-state index is 0.178. The van der Waals surface area contributed by atoms with Gasteiger partial charge >= 0.3 is 0 Å². The van der Waals surface area contributed by atoms with Crippen LogP contribution < -0.4 is 0 Å². The zero-order valence-electron chi connectivity index (χ0n) is 12.5. The van der Waals surface area contributed by atoms with Crippen molar-refractivity contribution in [2.24, 2.45) is 5.92 Å². The molecule has 0 aromatic heterocycles. The number of rotatable bonds is 3. The summed E-state index contributed by atoms with van der Waals surface area (Å²) in [5.41, 5.74) is 1.92. The second-order valence-electron chi connectivity index (χ2n) is 5.81. The molecule has 1 aromatic rings. The van der Waals surface area contributed by atoms with Crippen molar-refractivity contribution in [3.8, 4) is 0 Å². The van der Waals surface area contributed by atoms with Gasteiger partial charge in [-0.3, -0.25) is 4.79 Å². The van der Waals surface area contributed by atoms with E-state index in [0.29, 0.717) is 0 Å². The molecule has 1 saturated heterocycles. The molecule has 0 N–H and O–H groups in total. The second kappa shape index (κ2) is 7.26. The van der Waals surface area contributed by atoms with E-state index in [1.807, 2.05) is 30.0 Å². The molecule has 0 bridgehead atoms. The second-order valence-corrected chi connectivity index (χ2v) is 6.61. The first-order valence-electron chi connectivity index (χ1n) is 7.68. The summed E-state index contributed by atoms with van der Waals surface area (Å²) in [6.07, 6.45) is 6.12. The van der Waals surface area contributed by atoms with Crippen molar-refractivity contribution in [3.05, 3.63) is 33.8 Å². The van der Waals surface area contributed by atoms with Crippen LogP contribution in [-0.2, 0) is 0 Å². The van der Waals surface area contributed by atoms with E-state index in [-0.39, 0.29) is 5.91 Å². The van der Waals surface area contributed by atoms with E-state index >= 15 is 0 Å². The Labute approximate surface area is 130 Å². The maximum Gasteiger partial charge on any atom is 0.255 e. The summed E-state index contributed by atoms with van der Waals surface area (Å²) >= 11 is 3.56. The van der Waals surface area contributed by atoms with Crippen molar-refractivity contribution in [1.29, 1.82) is 0 Å². The Morgan fingerprint density at radius 1 is 1.35 bits per heavy atom. The molecule has 0 saturated carbocycles. The van der Waals surface area contributed by atoms with Crippen molar-refractivity contribution >= 4 is 21.8 Å². The first-order valence-corrected chi connectivity index (χ1v) is 8.47. The van der Waals surface area contributed by atoms with E-state index < -0.39 is 0 Å². The quantitative estimate of drug-likeness (QED) is 0.775. The number of hydrogen-bond donors (Lipinski definition) is 0. The zero-order chi connectivity index (χ0) is 14.5. The zero-order valence-corrected chi connectivity index (χ0v) is 14.1. The predicted octanol–water partition coefficient (Wildman–Crippen LogP) is 4.80. The molecule has 0 aliphatic carbocycles. The summed E-state index contributed by atoms with van der Waals surface area (Å²) in [6, 6.07) is 5.92. The van der Waals surface area contributed by atoms with Gasteiger partial charge in [0.1, 0.15) is 0 Å². The average molecular weight is 338 g/mol. The highest BCUT2D eigenvalue weighted by atomic mass is 79.9. The van der Waals surface area contributed by atoms with Crippen molar-refractivity contribution in [1.82, 2.24) is 4.90 Å². The van der Waals surface area contributed by atoms with Gasteiger partial charge in [0.2, 0.25) is 0 Å². The first-order chi connectivity index (χ1) is 9.63. The highest BCUT2D eigenvalue weighted by Crippen LogP contribution is 2.26. The average Bonchev–Trinajstić information content (AvgIpc) is 2.67. The van der Waals surface area contributed by atoms with Crippen molar-refractivity contribution < 1.29 is 4.79 Å². The van der Waals surface area contributed by atoms with Gasteiger partial charge in [0.15, 0.2) is 0 Å². The number of carbonyl (C=O) groups excluding carboxylic acids is 1. The molecule has 1 atom stereocenters. The van der Waals surface area contributed by atoms with Gasteiger partial charge in [-0.25, -0.2) is 0 Å². The maximum atomic E-state index is 12.7. The number of aryl methyl sites for hydroxylation is 1. The largest absolute Gasteiger partial charge is 0.339 e. The minimum absolute atomic E-state index is 0.178. The Hall–Kier alpha value is -0.830. The Morgan fingerprint density at radius 3 is 2.90 bits per heavy atom. The molecule has 0 spiro atoms. The van der Waals surface area contributed by atoms with Crippen LogP contribution in [0.1, 0.15) is 54.9 Å². The van der Waals surface area contributed by atoms with E-state index in [1.165, 1.54) is 19.3 Å². The van der Waals surface area contributed by atoms with Gasteiger partial charge in [0, 0.05) is 17.6 Å². The van der Waals surface area contributed by atoms with Crippen LogP contribution in [0.5, 0.6) is 0 Å². The number of halogens is 1. The van der Waals surface area contributed by atoms with Crippen molar-refractivity contribution in [2.75, 3.05) is 13.1 Å². The van der Waals surface area contributed by atoms with E-state index in [2.05, 4.69) is 22.9 Å². The van der Waals surface area contributed by atoms with Crippen LogP contribution in [0.4, 0.5) is 0 Å². The van der Waals surface area contributed by atoms with Gasteiger partial charge in [-0.15, -0.1) is 0 Å². The number of likely N-dealkylation sites (tertiary alicyclic amines) is 1. The van der Waals surface area contributed by atoms with Crippen LogP contribution in [-0.4, -0.2) is 23.9 Å². The normalized spacial score (nSPS) is 19.8. The molecule has 1 fully saturated rings. The molecule has 110 valence electrons. The predicted molar refractivity (Wildman–Crippen MR) is 87.0 cm³/mol. The molecule has 1 amide bonds. The summed E-state index contributed by atoms with van der Waals surface area (Å²) in [4.78, 5) is 14.7. The highest BCUT2D eigenvalue weighted by Gasteiger charge is 2.22. The summed E-state index contributed by atoms with van der Waals surface area (Å²) in [5.74, 6) is 0.983. The van der Waals surface area contributed by atoms with Gasteiger partial charge in [-0.2, -0.15) is 0 Å². The van der Waals surface area contributed by atoms with Crippen LogP contribution in [0.2, 0.25) is 0 Å². The minimum Gasteiger partial charge on any atom is -0.339 e. The van der Waals surface area contributed by atoms with Gasteiger partial charge in [0.05, 0.1) is 5.56 Å². The molecular weight excluding hydrogens is 314 g/mol.